The van der Waals surface area contributed by atoms with Gasteiger partial charge in [-0.15, -0.1) is 11.3 Å². The number of amides is 2. The van der Waals surface area contributed by atoms with Gasteiger partial charge in [-0.1, -0.05) is 5.16 Å². The Morgan fingerprint density at radius 3 is 3.09 bits per heavy atom. The molecule has 1 aliphatic heterocycles. The van der Waals surface area contributed by atoms with E-state index in [9.17, 15) is 9.59 Å². The Labute approximate surface area is 137 Å². The molecule has 3 rings (SSSR count). The zero-order chi connectivity index (χ0) is 16.2. The highest BCUT2D eigenvalue weighted by Gasteiger charge is 2.29. The van der Waals surface area contributed by atoms with Crippen molar-refractivity contribution in [3.63, 3.8) is 0 Å². The summed E-state index contributed by atoms with van der Waals surface area (Å²) in [4.78, 5) is 30.4. The van der Waals surface area contributed by atoms with Crippen LogP contribution in [0, 0.1) is 12.8 Å². The number of carbonyl (C=O) groups is 2. The molecular formula is C15H18N4O3S. The van der Waals surface area contributed by atoms with Crippen molar-refractivity contribution in [1.29, 1.82) is 0 Å². The largest absolute Gasteiger partial charge is 0.361 e. The molecule has 0 aromatic carbocycles. The Morgan fingerprint density at radius 2 is 2.39 bits per heavy atom. The lowest BCUT2D eigenvalue weighted by Gasteiger charge is -2.31. The highest BCUT2D eigenvalue weighted by Crippen LogP contribution is 2.20. The van der Waals surface area contributed by atoms with Crippen LogP contribution in [0.25, 0.3) is 0 Å². The number of likely N-dealkylation sites (tertiary alicyclic amines) is 1. The van der Waals surface area contributed by atoms with Crippen LogP contribution in [0.1, 0.15) is 24.3 Å². The summed E-state index contributed by atoms with van der Waals surface area (Å²) in [6.45, 7) is 2.91. The molecule has 1 aliphatic rings. The number of thiazole rings is 1. The number of piperidine rings is 1. The third-order valence-electron chi connectivity index (χ3n) is 3.82. The molecule has 7 nitrogen and oxygen atoms in total. The maximum Gasteiger partial charge on any atom is 0.231 e. The molecule has 23 heavy (non-hydrogen) atoms. The van der Waals surface area contributed by atoms with E-state index in [4.69, 9.17) is 4.52 Å². The number of hydrogen-bond donors (Lipinski definition) is 1. The fourth-order valence-electron chi connectivity index (χ4n) is 2.68. The summed E-state index contributed by atoms with van der Waals surface area (Å²) < 4.78 is 4.98. The molecule has 0 radical (unpaired) electrons. The average molecular weight is 334 g/mol. The molecule has 0 spiro atoms. The lowest BCUT2D eigenvalue weighted by atomic mass is 9.97. The topological polar surface area (TPSA) is 88.3 Å². The lowest BCUT2D eigenvalue weighted by Crippen LogP contribution is -2.44. The fraction of sp³-hybridized carbons (Fsp3) is 0.467. The molecular weight excluding hydrogens is 316 g/mol. The van der Waals surface area contributed by atoms with E-state index in [2.05, 4.69) is 15.5 Å². The number of aryl methyl sites for hydroxylation is 1. The second-order valence-electron chi connectivity index (χ2n) is 5.61. The Balaban J connectivity index is 1.56. The summed E-state index contributed by atoms with van der Waals surface area (Å²) in [7, 11) is 0. The van der Waals surface area contributed by atoms with Gasteiger partial charge in [0.25, 0.3) is 0 Å². The normalized spacial score (nSPS) is 18.0. The first-order valence-corrected chi connectivity index (χ1v) is 8.40. The standard InChI is InChI=1S/C15H18N4O3S/c1-10-7-12(18-22-10)8-13(20)19-5-2-3-11(9-19)14(21)17-15-16-4-6-23-15/h4,6-7,11H,2-3,5,8-9H2,1H3,(H,16,17,21)/t11-/m0/s1. The first-order chi connectivity index (χ1) is 11.1. The van der Waals surface area contributed by atoms with E-state index in [0.717, 1.165) is 12.8 Å². The van der Waals surface area contributed by atoms with Crippen LogP contribution in [0.2, 0.25) is 0 Å². The van der Waals surface area contributed by atoms with Gasteiger partial charge in [0.05, 0.1) is 18.0 Å². The minimum absolute atomic E-state index is 0.0231. The van der Waals surface area contributed by atoms with Crippen LogP contribution in [0.5, 0.6) is 0 Å². The number of anilines is 1. The highest BCUT2D eigenvalue weighted by atomic mass is 32.1. The zero-order valence-corrected chi connectivity index (χ0v) is 13.6. The molecule has 8 heteroatoms. The van der Waals surface area contributed by atoms with Crippen molar-refractivity contribution in [2.75, 3.05) is 18.4 Å². The summed E-state index contributed by atoms with van der Waals surface area (Å²) in [5.41, 5.74) is 0.627. The quantitative estimate of drug-likeness (QED) is 0.922. The van der Waals surface area contributed by atoms with Crippen LogP contribution in [-0.2, 0) is 16.0 Å². The number of rotatable bonds is 4. The molecule has 1 N–H and O–H groups in total. The Hall–Kier alpha value is -2.22. The lowest BCUT2D eigenvalue weighted by molar-refractivity contribution is -0.134. The van der Waals surface area contributed by atoms with Crippen molar-refractivity contribution in [1.82, 2.24) is 15.0 Å². The number of carbonyl (C=O) groups excluding carboxylic acids is 2. The van der Waals surface area contributed by atoms with Gasteiger partial charge in [0.15, 0.2) is 5.13 Å². The van der Waals surface area contributed by atoms with Crippen LogP contribution in [0.3, 0.4) is 0 Å². The van der Waals surface area contributed by atoms with E-state index < -0.39 is 0 Å². The molecule has 2 amide bonds. The van der Waals surface area contributed by atoms with E-state index in [-0.39, 0.29) is 24.2 Å². The Kier molecular flexibility index (Phi) is 4.71. The molecule has 3 heterocycles. The van der Waals surface area contributed by atoms with Crippen molar-refractivity contribution < 1.29 is 14.1 Å². The number of hydrogen-bond acceptors (Lipinski definition) is 6. The molecule has 0 aliphatic carbocycles. The maximum atomic E-state index is 12.4. The second-order valence-corrected chi connectivity index (χ2v) is 6.51. The third-order valence-corrected chi connectivity index (χ3v) is 4.50. The molecule has 122 valence electrons. The predicted octanol–water partition coefficient (Wildman–Crippen LogP) is 1.86. The highest BCUT2D eigenvalue weighted by molar-refractivity contribution is 7.13. The smallest absolute Gasteiger partial charge is 0.231 e. The van der Waals surface area contributed by atoms with Crippen LogP contribution in [0.4, 0.5) is 5.13 Å². The molecule has 0 unspecified atom stereocenters. The van der Waals surface area contributed by atoms with E-state index in [0.29, 0.717) is 29.7 Å². The number of nitrogens with one attached hydrogen (secondary N) is 1. The summed E-state index contributed by atoms with van der Waals surface area (Å²) >= 11 is 1.38. The SMILES string of the molecule is Cc1cc(CC(=O)N2CCC[C@H](C(=O)Nc3nccs3)C2)no1. The summed E-state index contributed by atoms with van der Waals surface area (Å²) in [5, 5.41) is 9.06. The first-order valence-electron chi connectivity index (χ1n) is 7.52. The van der Waals surface area contributed by atoms with Crippen molar-refractivity contribution in [2.45, 2.75) is 26.2 Å². The Morgan fingerprint density at radius 1 is 1.52 bits per heavy atom. The van der Waals surface area contributed by atoms with Gasteiger partial charge in [-0.05, 0) is 19.8 Å². The van der Waals surface area contributed by atoms with Crippen LogP contribution in [-0.4, -0.2) is 39.9 Å². The zero-order valence-electron chi connectivity index (χ0n) is 12.8. The van der Waals surface area contributed by atoms with Gasteiger partial charge in [-0.3, -0.25) is 9.59 Å². The van der Waals surface area contributed by atoms with E-state index >= 15 is 0 Å². The number of nitrogens with zero attached hydrogens (tertiary/aromatic N) is 3. The van der Waals surface area contributed by atoms with Gasteiger partial charge in [0.1, 0.15) is 5.76 Å². The fourth-order valence-corrected chi connectivity index (χ4v) is 3.21. The summed E-state index contributed by atoms with van der Waals surface area (Å²) in [5.74, 6) is 0.391. The minimum atomic E-state index is -0.198. The van der Waals surface area contributed by atoms with E-state index in [1.54, 1.807) is 24.1 Å². The second kappa shape index (κ2) is 6.91. The predicted molar refractivity (Wildman–Crippen MR) is 85.0 cm³/mol. The van der Waals surface area contributed by atoms with Gasteiger partial charge in [-0.25, -0.2) is 4.98 Å². The summed E-state index contributed by atoms with van der Waals surface area (Å²) in [6.07, 6.45) is 3.46. The van der Waals surface area contributed by atoms with E-state index in [1.165, 1.54) is 11.3 Å². The average Bonchev–Trinajstić information content (AvgIpc) is 3.19. The van der Waals surface area contributed by atoms with Gasteiger partial charge in [0.2, 0.25) is 11.8 Å². The van der Waals surface area contributed by atoms with Crippen LogP contribution >= 0.6 is 11.3 Å². The molecule has 2 aromatic rings. The van der Waals surface area contributed by atoms with Gasteiger partial charge in [-0.2, -0.15) is 0 Å². The van der Waals surface area contributed by atoms with Crippen LogP contribution in [0.15, 0.2) is 22.2 Å². The monoisotopic (exact) mass is 334 g/mol. The van der Waals surface area contributed by atoms with Crippen molar-refractivity contribution in [3.8, 4) is 0 Å². The third kappa shape index (κ3) is 3.95. The molecule has 0 saturated carbocycles. The maximum absolute atomic E-state index is 12.4. The van der Waals surface area contributed by atoms with Crippen LogP contribution < -0.4 is 5.32 Å². The molecule has 1 saturated heterocycles. The van der Waals surface area contributed by atoms with Crippen molar-refractivity contribution in [2.24, 2.45) is 5.92 Å². The van der Waals surface area contributed by atoms with Gasteiger partial charge in [0, 0.05) is 30.7 Å². The molecule has 2 aromatic heterocycles. The molecule has 0 bridgehead atoms. The summed E-state index contributed by atoms with van der Waals surface area (Å²) in [6, 6.07) is 1.76. The number of aromatic nitrogens is 2. The minimum Gasteiger partial charge on any atom is -0.361 e. The molecule has 1 fully saturated rings. The van der Waals surface area contributed by atoms with Crippen molar-refractivity contribution in [3.05, 3.63) is 29.1 Å². The molecule has 1 atom stereocenters. The first kappa shape index (κ1) is 15.7. The van der Waals surface area contributed by atoms with Gasteiger partial charge < -0.3 is 14.7 Å². The van der Waals surface area contributed by atoms with Crippen molar-refractivity contribution >= 4 is 28.3 Å². The Bertz CT molecular complexity index is 683. The van der Waals surface area contributed by atoms with Gasteiger partial charge >= 0.3 is 0 Å². The van der Waals surface area contributed by atoms with E-state index in [1.807, 2.05) is 5.38 Å².